The molecule has 0 aromatic carbocycles. The molecule has 0 radical (unpaired) electrons. The van der Waals surface area contributed by atoms with Crippen molar-refractivity contribution in [2.75, 3.05) is 13.2 Å². The van der Waals surface area contributed by atoms with Crippen molar-refractivity contribution < 1.29 is 39.9 Å². The van der Waals surface area contributed by atoms with Gasteiger partial charge in [-0.15, -0.1) is 0 Å². The molecule has 5 N–H and O–H groups in total. The van der Waals surface area contributed by atoms with E-state index in [0.29, 0.717) is 0 Å². The van der Waals surface area contributed by atoms with Crippen LogP contribution in [0.5, 0.6) is 0 Å². The molecule has 0 bridgehead atoms. The second kappa shape index (κ2) is 9.78. The standard InChI is InChI=1S/C14H27NO8/c1-7(2)15(8(3)4)5-10(17)23-6-9(16)11(18)12(19)13(20)14(21)22/h7-9,11-13,16,18-20H,5-6H2,1-4H3,(H,21,22)/t9-,11-,12-,13+/m0/s1. The minimum Gasteiger partial charge on any atom is -0.479 e. The third-order valence-electron chi connectivity index (χ3n) is 3.37. The fourth-order valence-corrected chi connectivity index (χ4v) is 1.99. The molecule has 0 saturated carbocycles. The molecule has 0 heterocycles. The number of aliphatic hydroxyl groups excluding tert-OH is 4. The summed E-state index contributed by atoms with van der Waals surface area (Å²) in [5.41, 5.74) is 0. The number of aliphatic hydroxyl groups is 4. The topological polar surface area (TPSA) is 148 Å². The highest BCUT2D eigenvalue weighted by Gasteiger charge is 2.35. The summed E-state index contributed by atoms with van der Waals surface area (Å²) >= 11 is 0. The zero-order valence-corrected chi connectivity index (χ0v) is 13.8. The van der Waals surface area contributed by atoms with Crippen LogP contribution in [0, 0.1) is 0 Å². The molecule has 0 saturated heterocycles. The minimum atomic E-state index is -2.26. The molecule has 0 aromatic heterocycles. The van der Waals surface area contributed by atoms with Gasteiger partial charge in [0.1, 0.15) is 24.9 Å². The van der Waals surface area contributed by atoms with E-state index in [9.17, 15) is 24.9 Å². The van der Waals surface area contributed by atoms with Crippen molar-refractivity contribution >= 4 is 11.9 Å². The molecule has 23 heavy (non-hydrogen) atoms. The minimum absolute atomic E-state index is 0.0154. The average molecular weight is 337 g/mol. The van der Waals surface area contributed by atoms with E-state index in [0.717, 1.165) is 0 Å². The summed E-state index contributed by atoms with van der Waals surface area (Å²) in [5.74, 6) is -2.38. The van der Waals surface area contributed by atoms with Gasteiger partial charge in [0.15, 0.2) is 6.10 Å². The van der Waals surface area contributed by atoms with E-state index in [1.54, 1.807) is 0 Å². The number of nitrogens with zero attached hydrogens (tertiary/aromatic N) is 1. The Kier molecular flexibility index (Phi) is 9.25. The van der Waals surface area contributed by atoms with Crippen LogP contribution in [-0.4, -0.2) is 92.0 Å². The van der Waals surface area contributed by atoms with Gasteiger partial charge < -0.3 is 30.3 Å². The fourth-order valence-electron chi connectivity index (χ4n) is 1.99. The summed E-state index contributed by atoms with van der Waals surface area (Å²) in [6.07, 6.45) is -8.06. The van der Waals surface area contributed by atoms with E-state index in [2.05, 4.69) is 0 Å². The molecule has 0 aliphatic carbocycles. The van der Waals surface area contributed by atoms with Gasteiger partial charge in [0.2, 0.25) is 0 Å². The van der Waals surface area contributed by atoms with E-state index < -0.39 is 43.0 Å². The van der Waals surface area contributed by atoms with Crippen LogP contribution in [0.1, 0.15) is 27.7 Å². The highest BCUT2D eigenvalue weighted by atomic mass is 16.5. The summed E-state index contributed by atoms with van der Waals surface area (Å²) in [4.78, 5) is 24.1. The predicted molar refractivity (Wildman–Crippen MR) is 79.6 cm³/mol. The van der Waals surface area contributed by atoms with Crippen LogP contribution in [0.25, 0.3) is 0 Å². The number of carboxylic acid groups (broad SMARTS) is 1. The monoisotopic (exact) mass is 337 g/mol. The number of ether oxygens (including phenoxy) is 1. The molecule has 0 amide bonds. The molecule has 0 aliphatic heterocycles. The van der Waals surface area contributed by atoms with E-state index >= 15 is 0 Å². The van der Waals surface area contributed by atoms with Crippen molar-refractivity contribution in [2.45, 2.75) is 64.2 Å². The van der Waals surface area contributed by atoms with Gasteiger partial charge >= 0.3 is 11.9 Å². The number of hydrogen-bond acceptors (Lipinski definition) is 8. The Morgan fingerprint density at radius 2 is 1.43 bits per heavy atom. The summed E-state index contributed by atoms with van der Waals surface area (Å²) in [6, 6.07) is 0.205. The Bertz CT molecular complexity index is 379. The maximum atomic E-state index is 11.7. The molecule has 4 atom stereocenters. The predicted octanol–water partition coefficient (Wildman–Crippen LogP) is -1.82. The van der Waals surface area contributed by atoms with Crippen LogP contribution >= 0.6 is 0 Å². The first kappa shape index (κ1) is 21.7. The maximum absolute atomic E-state index is 11.7. The van der Waals surface area contributed by atoms with Crippen LogP contribution in [0.4, 0.5) is 0 Å². The molecule has 136 valence electrons. The van der Waals surface area contributed by atoms with Gasteiger partial charge in [-0.1, -0.05) is 0 Å². The fraction of sp³-hybridized carbons (Fsp3) is 0.857. The number of rotatable bonds is 10. The molecule has 0 fully saturated rings. The van der Waals surface area contributed by atoms with Crippen molar-refractivity contribution in [2.24, 2.45) is 0 Å². The van der Waals surface area contributed by atoms with Crippen LogP contribution in [0.3, 0.4) is 0 Å². The normalized spacial score (nSPS) is 17.2. The van der Waals surface area contributed by atoms with Gasteiger partial charge in [-0.05, 0) is 27.7 Å². The number of carboxylic acids is 1. The van der Waals surface area contributed by atoms with Crippen LogP contribution < -0.4 is 0 Å². The van der Waals surface area contributed by atoms with E-state index in [1.165, 1.54) is 0 Å². The van der Waals surface area contributed by atoms with Crippen molar-refractivity contribution in [3.63, 3.8) is 0 Å². The molecule has 0 aromatic rings. The number of esters is 1. The number of hydrogen-bond donors (Lipinski definition) is 5. The second-order valence-electron chi connectivity index (χ2n) is 5.87. The van der Waals surface area contributed by atoms with E-state index in [4.69, 9.17) is 14.9 Å². The lowest BCUT2D eigenvalue weighted by atomic mass is 10.0. The largest absolute Gasteiger partial charge is 0.479 e. The van der Waals surface area contributed by atoms with Gasteiger partial charge in [-0.2, -0.15) is 0 Å². The maximum Gasteiger partial charge on any atom is 0.335 e. The van der Waals surface area contributed by atoms with Gasteiger partial charge in [0.25, 0.3) is 0 Å². The molecule has 9 nitrogen and oxygen atoms in total. The van der Waals surface area contributed by atoms with Gasteiger partial charge in [-0.3, -0.25) is 9.69 Å². The van der Waals surface area contributed by atoms with Crippen molar-refractivity contribution in [3.8, 4) is 0 Å². The van der Waals surface area contributed by atoms with Gasteiger partial charge in [-0.25, -0.2) is 4.79 Å². The Morgan fingerprint density at radius 3 is 1.83 bits per heavy atom. The van der Waals surface area contributed by atoms with Crippen molar-refractivity contribution in [1.29, 1.82) is 0 Å². The highest BCUT2D eigenvalue weighted by molar-refractivity contribution is 5.73. The number of carbonyl (C=O) groups excluding carboxylic acids is 1. The highest BCUT2D eigenvalue weighted by Crippen LogP contribution is 2.08. The third-order valence-corrected chi connectivity index (χ3v) is 3.37. The summed E-state index contributed by atoms with van der Waals surface area (Å²) < 4.78 is 4.82. The second-order valence-corrected chi connectivity index (χ2v) is 5.87. The lowest BCUT2D eigenvalue weighted by Crippen LogP contribution is -2.49. The number of carbonyl (C=O) groups is 2. The summed E-state index contributed by atoms with van der Waals surface area (Å²) in [5, 5.41) is 46.2. The molecule has 0 aliphatic rings. The Morgan fingerprint density at radius 1 is 0.957 bits per heavy atom. The molecule has 0 spiro atoms. The molecule has 9 heteroatoms. The molecular weight excluding hydrogens is 310 g/mol. The first-order valence-corrected chi connectivity index (χ1v) is 7.35. The lowest BCUT2D eigenvalue weighted by molar-refractivity contribution is -0.169. The lowest BCUT2D eigenvalue weighted by Gasteiger charge is -2.29. The summed E-state index contributed by atoms with van der Waals surface area (Å²) in [7, 11) is 0. The first-order valence-electron chi connectivity index (χ1n) is 7.35. The third kappa shape index (κ3) is 7.23. The quantitative estimate of drug-likeness (QED) is 0.290. The Hall–Kier alpha value is -1.26. The van der Waals surface area contributed by atoms with Crippen LogP contribution in [0.15, 0.2) is 0 Å². The van der Waals surface area contributed by atoms with Crippen LogP contribution in [-0.2, 0) is 14.3 Å². The van der Waals surface area contributed by atoms with E-state index in [1.807, 2.05) is 32.6 Å². The molecule has 0 rings (SSSR count). The average Bonchev–Trinajstić information content (AvgIpc) is 2.46. The SMILES string of the molecule is CC(C)N(CC(=O)OC[C@H](O)[C@H](O)[C@H](O)[C@@H](O)C(=O)O)C(C)C. The van der Waals surface area contributed by atoms with Crippen LogP contribution in [0.2, 0.25) is 0 Å². The van der Waals surface area contributed by atoms with E-state index in [-0.39, 0.29) is 18.6 Å². The van der Waals surface area contributed by atoms with Gasteiger partial charge in [0, 0.05) is 12.1 Å². The van der Waals surface area contributed by atoms with Crippen molar-refractivity contribution in [1.82, 2.24) is 4.90 Å². The first-order chi connectivity index (χ1) is 10.5. The molecular formula is C14H27NO8. The smallest absolute Gasteiger partial charge is 0.335 e. The Labute approximate surface area is 135 Å². The van der Waals surface area contributed by atoms with Crippen molar-refractivity contribution in [3.05, 3.63) is 0 Å². The number of aliphatic carboxylic acids is 1. The van der Waals surface area contributed by atoms with Gasteiger partial charge in [0.05, 0.1) is 6.54 Å². The Balaban J connectivity index is 4.44. The zero-order valence-electron chi connectivity index (χ0n) is 13.8. The zero-order chi connectivity index (χ0) is 18.3. The summed E-state index contributed by atoms with van der Waals surface area (Å²) in [6.45, 7) is 7.00. The molecule has 0 unspecified atom stereocenters.